The number of alkyl halides is 1. The van der Waals surface area contributed by atoms with Gasteiger partial charge in [-0.2, -0.15) is 0 Å². The highest BCUT2D eigenvalue weighted by Crippen LogP contribution is 2.34. The van der Waals surface area contributed by atoms with Crippen molar-refractivity contribution in [2.24, 2.45) is 5.92 Å². The molecule has 0 radical (unpaired) electrons. The third-order valence-electron chi connectivity index (χ3n) is 3.57. The summed E-state index contributed by atoms with van der Waals surface area (Å²) in [4.78, 5) is 1.36. The Morgan fingerprint density at radius 1 is 1.18 bits per heavy atom. The van der Waals surface area contributed by atoms with Crippen molar-refractivity contribution < 1.29 is 0 Å². The highest BCUT2D eigenvalue weighted by molar-refractivity contribution is 14.2. The van der Waals surface area contributed by atoms with Crippen LogP contribution in [0.25, 0.3) is 0 Å². The Kier molecular flexibility index (Phi) is 6.44. The lowest BCUT2D eigenvalue weighted by molar-refractivity contribution is 0.486. The van der Waals surface area contributed by atoms with Gasteiger partial charge in [-0.15, -0.1) is 0 Å². The predicted octanol–water partition coefficient (Wildman–Crippen LogP) is 6.06. The van der Waals surface area contributed by atoms with E-state index >= 15 is 0 Å². The molecule has 1 aromatic rings. The first-order chi connectivity index (χ1) is 8.28. The van der Waals surface area contributed by atoms with Gasteiger partial charge in [0.2, 0.25) is 0 Å². The molecule has 1 saturated carbocycles. The van der Waals surface area contributed by atoms with Crippen LogP contribution in [0.4, 0.5) is 0 Å². The number of aryl methyl sites for hydroxylation is 1. The lowest BCUT2D eigenvalue weighted by atomic mass is 9.98. The molecular formula is C14H18I2S. The van der Waals surface area contributed by atoms with E-state index in [0.717, 1.165) is 9.84 Å². The Bertz CT molecular complexity index is 337. The first kappa shape index (κ1) is 14.4. The number of hydrogen-bond acceptors (Lipinski definition) is 1. The molecule has 2 rings (SSSR count). The molecule has 1 fully saturated rings. The fraction of sp³-hybridized carbons (Fsp3) is 0.571. The number of hydrogen-bond donors (Lipinski definition) is 0. The van der Waals surface area contributed by atoms with Crippen LogP contribution in [0.5, 0.6) is 0 Å². The van der Waals surface area contributed by atoms with Gasteiger partial charge < -0.3 is 0 Å². The van der Waals surface area contributed by atoms with Crippen molar-refractivity contribution >= 4 is 52.7 Å². The fourth-order valence-corrected chi connectivity index (χ4v) is 4.78. The summed E-state index contributed by atoms with van der Waals surface area (Å²) in [5.41, 5.74) is 1.50. The van der Waals surface area contributed by atoms with E-state index in [1.807, 2.05) is 0 Å². The van der Waals surface area contributed by atoms with Crippen molar-refractivity contribution in [2.75, 3.05) is 0 Å². The lowest BCUT2D eigenvalue weighted by Gasteiger charge is -2.08. The van der Waals surface area contributed by atoms with Crippen LogP contribution in [-0.4, -0.2) is 3.92 Å². The van der Waals surface area contributed by atoms with E-state index in [0.29, 0.717) is 0 Å². The minimum absolute atomic E-state index is 0.956. The van der Waals surface area contributed by atoms with Crippen LogP contribution >= 0.6 is 52.7 Å². The third kappa shape index (κ3) is 4.90. The molecule has 0 N–H and O–H groups in total. The van der Waals surface area contributed by atoms with Crippen LogP contribution in [0.1, 0.15) is 37.7 Å². The molecule has 0 spiro atoms. The standard InChI is InChI=1S/C14H18I2S/c15-13-7-4-12(10-13)3-1-2-11-5-8-14(17-16)9-6-11/h5-6,8-9,12-13H,1-4,7,10H2. The van der Waals surface area contributed by atoms with Crippen molar-refractivity contribution in [2.45, 2.75) is 47.3 Å². The topological polar surface area (TPSA) is 0 Å². The fourth-order valence-electron chi connectivity index (χ4n) is 2.58. The largest absolute Gasteiger partial charge is 0.0826 e. The van der Waals surface area contributed by atoms with Crippen molar-refractivity contribution in [3.63, 3.8) is 0 Å². The molecule has 0 heterocycles. The summed E-state index contributed by atoms with van der Waals surface area (Å²) in [5.74, 6) is 1.01. The number of rotatable bonds is 5. The summed E-state index contributed by atoms with van der Waals surface area (Å²) in [7, 11) is 1.79. The summed E-state index contributed by atoms with van der Waals surface area (Å²) >= 11 is 4.95. The molecule has 1 aromatic carbocycles. The second kappa shape index (κ2) is 7.58. The highest BCUT2D eigenvalue weighted by atomic mass is 127. The van der Waals surface area contributed by atoms with Crippen molar-refractivity contribution in [1.29, 1.82) is 0 Å². The molecule has 0 nitrogen and oxygen atoms in total. The Balaban J connectivity index is 1.70. The van der Waals surface area contributed by atoms with Gasteiger partial charge in [0.25, 0.3) is 0 Å². The van der Waals surface area contributed by atoms with Gasteiger partial charge in [-0.1, -0.05) is 50.1 Å². The van der Waals surface area contributed by atoms with Gasteiger partial charge in [-0.05, 0) is 55.7 Å². The second-order valence-corrected chi connectivity index (χ2v) is 8.60. The summed E-state index contributed by atoms with van der Waals surface area (Å²) < 4.78 is 0.956. The van der Waals surface area contributed by atoms with Crippen LogP contribution in [0, 0.1) is 5.92 Å². The van der Waals surface area contributed by atoms with Gasteiger partial charge in [-0.25, -0.2) is 0 Å². The van der Waals surface area contributed by atoms with E-state index in [4.69, 9.17) is 0 Å². The summed E-state index contributed by atoms with van der Waals surface area (Å²) in [6, 6.07) is 9.05. The Morgan fingerprint density at radius 3 is 2.53 bits per heavy atom. The van der Waals surface area contributed by atoms with E-state index in [2.05, 4.69) is 68.1 Å². The quantitative estimate of drug-likeness (QED) is 0.371. The second-order valence-electron chi connectivity index (χ2n) is 4.89. The van der Waals surface area contributed by atoms with Gasteiger partial charge in [0, 0.05) is 30.0 Å². The molecule has 2 atom stereocenters. The predicted molar refractivity (Wildman–Crippen MR) is 94.4 cm³/mol. The molecule has 94 valence electrons. The third-order valence-corrected chi connectivity index (χ3v) is 6.67. The summed E-state index contributed by atoms with van der Waals surface area (Å²) in [5, 5.41) is 0. The molecule has 0 aliphatic heterocycles. The maximum atomic E-state index is 2.62. The molecule has 0 saturated heterocycles. The van der Waals surface area contributed by atoms with Crippen LogP contribution in [-0.2, 0) is 6.42 Å². The molecule has 3 heteroatoms. The van der Waals surface area contributed by atoms with E-state index in [1.165, 1.54) is 49.0 Å². The molecule has 0 aromatic heterocycles. The molecule has 0 bridgehead atoms. The molecule has 0 amide bonds. The maximum absolute atomic E-state index is 2.62. The SMILES string of the molecule is ISc1ccc(CCCC2CCC(I)C2)cc1. The van der Waals surface area contributed by atoms with Crippen molar-refractivity contribution in [1.82, 2.24) is 0 Å². The minimum atomic E-state index is 0.956. The first-order valence-corrected chi connectivity index (χ1v) is 10.9. The zero-order valence-corrected chi connectivity index (χ0v) is 15.0. The average molecular weight is 472 g/mol. The molecular weight excluding hydrogens is 454 g/mol. The Morgan fingerprint density at radius 2 is 1.94 bits per heavy atom. The smallest absolute Gasteiger partial charge is 0.0178 e. The van der Waals surface area contributed by atoms with Crippen LogP contribution in [0.3, 0.4) is 0 Å². The van der Waals surface area contributed by atoms with E-state index in [-0.39, 0.29) is 0 Å². The van der Waals surface area contributed by atoms with E-state index in [1.54, 1.807) is 8.93 Å². The summed E-state index contributed by atoms with van der Waals surface area (Å²) in [6.07, 6.45) is 8.44. The molecule has 1 aliphatic rings. The molecule has 1 aliphatic carbocycles. The number of benzene rings is 1. The molecule has 17 heavy (non-hydrogen) atoms. The zero-order valence-electron chi connectivity index (χ0n) is 9.87. The van der Waals surface area contributed by atoms with Gasteiger partial charge in [0.15, 0.2) is 0 Å². The first-order valence-electron chi connectivity index (χ1n) is 6.29. The van der Waals surface area contributed by atoms with Crippen LogP contribution in [0.2, 0.25) is 0 Å². The Labute approximate surface area is 134 Å². The van der Waals surface area contributed by atoms with Crippen molar-refractivity contribution in [3.8, 4) is 0 Å². The van der Waals surface area contributed by atoms with E-state index < -0.39 is 0 Å². The zero-order chi connectivity index (χ0) is 12.1. The Hall–Kier alpha value is 1.03. The van der Waals surface area contributed by atoms with Gasteiger partial charge in [-0.3, -0.25) is 0 Å². The summed E-state index contributed by atoms with van der Waals surface area (Å²) in [6.45, 7) is 0. The number of halogens is 2. The highest BCUT2D eigenvalue weighted by Gasteiger charge is 2.21. The van der Waals surface area contributed by atoms with Crippen LogP contribution in [0.15, 0.2) is 29.2 Å². The van der Waals surface area contributed by atoms with Gasteiger partial charge >= 0.3 is 0 Å². The van der Waals surface area contributed by atoms with Gasteiger partial charge in [0.05, 0.1) is 0 Å². The lowest BCUT2D eigenvalue weighted by Crippen LogP contribution is -1.96. The van der Waals surface area contributed by atoms with Gasteiger partial charge in [0.1, 0.15) is 0 Å². The molecule has 2 unspecified atom stereocenters. The van der Waals surface area contributed by atoms with Crippen LogP contribution < -0.4 is 0 Å². The van der Waals surface area contributed by atoms with Crippen molar-refractivity contribution in [3.05, 3.63) is 29.8 Å². The monoisotopic (exact) mass is 472 g/mol. The average Bonchev–Trinajstić information content (AvgIpc) is 2.76. The minimum Gasteiger partial charge on any atom is -0.0826 e. The normalized spacial score (nSPS) is 24.1. The van der Waals surface area contributed by atoms with E-state index in [9.17, 15) is 0 Å². The maximum Gasteiger partial charge on any atom is 0.0178 e.